The largest absolute Gasteiger partial charge is 0.370 e. The molecule has 0 aromatic carbocycles. The molecule has 0 fully saturated rings. The van der Waals surface area contributed by atoms with Crippen molar-refractivity contribution in [3.05, 3.63) is 0 Å². The van der Waals surface area contributed by atoms with Crippen LogP contribution >= 0.6 is 0 Å². The summed E-state index contributed by atoms with van der Waals surface area (Å²) < 4.78 is 23.5. The van der Waals surface area contributed by atoms with Gasteiger partial charge in [-0.15, -0.1) is 0 Å². The van der Waals surface area contributed by atoms with Gasteiger partial charge in [0.25, 0.3) is 6.43 Å². The monoisotopic (exact) mass is 165 g/mol. The lowest BCUT2D eigenvalue weighted by Gasteiger charge is -2.16. The van der Waals surface area contributed by atoms with Crippen LogP contribution in [0.4, 0.5) is 8.78 Å². The van der Waals surface area contributed by atoms with Crippen molar-refractivity contribution in [3.63, 3.8) is 0 Å². The van der Waals surface area contributed by atoms with Crippen molar-refractivity contribution in [3.8, 4) is 0 Å². The molecule has 3 nitrogen and oxygen atoms in total. The van der Waals surface area contributed by atoms with Gasteiger partial charge < -0.3 is 10.6 Å². The normalized spacial score (nSPS) is 12.3. The second-order valence-electron chi connectivity index (χ2n) is 2.10. The van der Waals surface area contributed by atoms with Gasteiger partial charge in [0.15, 0.2) is 5.96 Å². The molecule has 0 unspecified atom stereocenters. The minimum Gasteiger partial charge on any atom is -0.370 e. The molecule has 0 bridgehead atoms. The Bertz CT molecular complexity index is 136. The molecular formula is C6H13F2N3. The number of aliphatic imine (C=N–C) groups is 1. The molecule has 0 aromatic rings. The molecule has 0 atom stereocenters. The SMILES string of the molecule is CCN=C(N)N(C)CC(F)F. The fourth-order valence-electron chi connectivity index (χ4n) is 0.583. The number of rotatable bonds is 3. The highest BCUT2D eigenvalue weighted by Crippen LogP contribution is 1.94. The first kappa shape index (κ1) is 10.1. The van der Waals surface area contributed by atoms with Gasteiger partial charge >= 0.3 is 0 Å². The summed E-state index contributed by atoms with van der Waals surface area (Å²) in [6.45, 7) is 1.94. The van der Waals surface area contributed by atoms with Gasteiger partial charge in [-0.05, 0) is 6.92 Å². The maximum absolute atomic E-state index is 11.7. The molecule has 0 aliphatic heterocycles. The van der Waals surface area contributed by atoms with Gasteiger partial charge in [0.05, 0.1) is 6.54 Å². The Kier molecular flexibility index (Phi) is 4.49. The van der Waals surface area contributed by atoms with Crippen LogP contribution in [0.15, 0.2) is 4.99 Å². The predicted molar refractivity (Wildman–Crippen MR) is 40.8 cm³/mol. The summed E-state index contributed by atoms with van der Waals surface area (Å²) in [6, 6.07) is 0. The molecule has 2 N–H and O–H groups in total. The van der Waals surface area contributed by atoms with E-state index in [9.17, 15) is 8.78 Å². The van der Waals surface area contributed by atoms with Gasteiger partial charge in [-0.2, -0.15) is 0 Å². The zero-order valence-corrected chi connectivity index (χ0v) is 6.72. The molecule has 0 radical (unpaired) electrons. The average Bonchev–Trinajstić information content (AvgIpc) is 1.86. The van der Waals surface area contributed by atoms with Gasteiger partial charge in [0, 0.05) is 13.6 Å². The maximum atomic E-state index is 11.7. The van der Waals surface area contributed by atoms with Gasteiger partial charge in [-0.1, -0.05) is 0 Å². The number of halogens is 2. The number of nitrogens with two attached hydrogens (primary N) is 1. The Morgan fingerprint density at radius 3 is 2.55 bits per heavy atom. The number of alkyl halides is 2. The lowest BCUT2D eigenvalue weighted by Crippen LogP contribution is -2.37. The Labute approximate surface area is 64.9 Å². The summed E-state index contributed by atoms with van der Waals surface area (Å²) in [4.78, 5) is 4.99. The Hall–Kier alpha value is -0.870. The number of nitrogens with zero attached hydrogens (tertiary/aromatic N) is 2. The van der Waals surface area contributed by atoms with Crippen molar-refractivity contribution in [1.29, 1.82) is 0 Å². The number of guanidine groups is 1. The fraction of sp³-hybridized carbons (Fsp3) is 0.833. The highest BCUT2D eigenvalue weighted by molar-refractivity contribution is 5.77. The van der Waals surface area contributed by atoms with Crippen molar-refractivity contribution in [2.45, 2.75) is 13.3 Å². The molecule has 0 rings (SSSR count). The molecule has 0 saturated heterocycles. The Balaban J connectivity index is 3.82. The van der Waals surface area contributed by atoms with E-state index in [1.165, 1.54) is 11.9 Å². The van der Waals surface area contributed by atoms with E-state index in [2.05, 4.69) is 4.99 Å². The highest BCUT2D eigenvalue weighted by atomic mass is 19.3. The molecule has 0 saturated carbocycles. The first-order valence-corrected chi connectivity index (χ1v) is 3.37. The minimum atomic E-state index is -2.37. The van der Waals surface area contributed by atoms with Crippen LogP contribution in [-0.4, -0.2) is 37.4 Å². The van der Waals surface area contributed by atoms with Crippen LogP contribution in [0.3, 0.4) is 0 Å². The number of hydrogen-bond acceptors (Lipinski definition) is 1. The van der Waals surface area contributed by atoms with E-state index < -0.39 is 6.43 Å². The lowest BCUT2D eigenvalue weighted by atomic mass is 10.6. The maximum Gasteiger partial charge on any atom is 0.255 e. The van der Waals surface area contributed by atoms with Crippen LogP contribution in [0.5, 0.6) is 0 Å². The molecule has 0 amide bonds. The zero-order chi connectivity index (χ0) is 8.85. The fourth-order valence-corrected chi connectivity index (χ4v) is 0.583. The summed E-state index contributed by atoms with van der Waals surface area (Å²) >= 11 is 0. The van der Waals surface area contributed by atoms with E-state index in [1.54, 1.807) is 6.92 Å². The first-order chi connectivity index (χ1) is 5.07. The van der Waals surface area contributed by atoms with Gasteiger partial charge in [-0.25, -0.2) is 8.78 Å². The van der Waals surface area contributed by atoms with Crippen LogP contribution in [0.2, 0.25) is 0 Å². The van der Waals surface area contributed by atoms with Crippen LogP contribution in [0, 0.1) is 0 Å². The molecule has 0 aliphatic rings. The Morgan fingerprint density at radius 1 is 1.64 bits per heavy atom. The lowest BCUT2D eigenvalue weighted by molar-refractivity contribution is 0.123. The van der Waals surface area contributed by atoms with Gasteiger partial charge in [-0.3, -0.25) is 4.99 Å². The van der Waals surface area contributed by atoms with E-state index >= 15 is 0 Å². The summed E-state index contributed by atoms with van der Waals surface area (Å²) in [7, 11) is 1.49. The molecule has 0 aliphatic carbocycles. The molecule has 5 heteroatoms. The van der Waals surface area contributed by atoms with Crippen LogP contribution in [-0.2, 0) is 0 Å². The van der Waals surface area contributed by atoms with Crippen molar-refractivity contribution in [2.75, 3.05) is 20.1 Å². The first-order valence-electron chi connectivity index (χ1n) is 3.37. The Morgan fingerprint density at radius 2 is 2.18 bits per heavy atom. The average molecular weight is 165 g/mol. The minimum absolute atomic E-state index is 0.160. The second kappa shape index (κ2) is 4.87. The van der Waals surface area contributed by atoms with Crippen molar-refractivity contribution in [1.82, 2.24) is 4.90 Å². The highest BCUT2D eigenvalue weighted by Gasteiger charge is 2.08. The smallest absolute Gasteiger partial charge is 0.255 e. The second-order valence-corrected chi connectivity index (χ2v) is 2.10. The van der Waals surface area contributed by atoms with E-state index in [0.717, 1.165) is 0 Å². The third-order valence-corrected chi connectivity index (χ3v) is 1.12. The summed E-state index contributed by atoms with van der Waals surface area (Å²) in [5.41, 5.74) is 5.32. The van der Waals surface area contributed by atoms with E-state index in [4.69, 9.17) is 5.73 Å². The molecular weight excluding hydrogens is 152 g/mol. The van der Waals surface area contributed by atoms with Crippen LogP contribution in [0.25, 0.3) is 0 Å². The van der Waals surface area contributed by atoms with Gasteiger partial charge in [0.1, 0.15) is 0 Å². The summed E-state index contributed by atoms with van der Waals surface area (Å²) in [5.74, 6) is 0.160. The summed E-state index contributed by atoms with van der Waals surface area (Å²) in [5, 5.41) is 0. The third kappa shape index (κ3) is 4.52. The molecule has 0 heterocycles. The predicted octanol–water partition coefficient (Wildman–Crippen LogP) is 0.518. The molecule has 66 valence electrons. The number of hydrogen-bond donors (Lipinski definition) is 1. The van der Waals surface area contributed by atoms with E-state index in [-0.39, 0.29) is 12.5 Å². The molecule has 0 spiro atoms. The van der Waals surface area contributed by atoms with Gasteiger partial charge in [0.2, 0.25) is 0 Å². The van der Waals surface area contributed by atoms with E-state index in [1.807, 2.05) is 0 Å². The van der Waals surface area contributed by atoms with E-state index in [0.29, 0.717) is 6.54 Å². The van der Waals surface area contributed by atoms with Crippen LogP contribution < -0.4 is 5.73 Å². The third-order valence-electron chi connectivity index (χ3n) is 1.12. The van der Waals surface area contributed by atoms with Crippen molar-refractivity contribution in [2.24, 2.45) is 10.7 Å². The van der Waals surface area contributed by atoms with Crippen LogP contribution in [0.1, 0.15) is 6.92 Å². The molecule has 0 aromatic heterocycles. The quantitative estimate of drug-likeness (QED) is 0.489. The van der Waals surface area contributed by atoms with Crippen molar-refractivity contribution >= 4 is 5.96 Å². The zero-order valence-electron chi connectivity index (χ0n) is 6.72. The summed E-state index contributed by atoms with van der Waals surface area (Å²) in [6.07, 6.45) is -2.37. The topological polar surface area (TPSA) is 41.6 Å². The standard InChI is InChI=1S/C6H13F2N3/c1-3-10-6(9)11(2)4-5(7)8/h5H,3-4H2,1-2H3,(H2,9,10). The molecule has 11 heavy (non-hydrogen) atoms. The van der Waals surface area contributed by atoms with Crippen molar-refractivity contribution < 1.29 is 8.78 Å².